The molecular formula is C14H24N4. The summed E-state index contributed by atoms with van der Waals surface area (Å²) in [4.78, 5) is 11.2. The molecule has 1 aliphatic heterocycles. The van der Waals surface area contributed by atoms with Crippen LogP contribution in [0.3, 0.4) is 0 Å². The topological polar surface area (TPSA) is 41.0 Å². The molecule has 1 aromatic heterocycles. The van der Waals surface area contributed by atoms with Gasteiger partial charge in [-0.2, -0.15) is 0 Å². The summed E-state index contributed by atoms with van der Waals surface area (Å²) < 4.78 is 0. The Kier molecular flexibility index (Phi) is 4.93. The largest absolute Gasteiger partial charge is 0.341 e. The first-order valence-electron chi connectivity index (χ1n) is 7.04. The molecule has 0 aromatic carbocycles. The molecule has 4 nitrogen and oxygen atoms in total. The van der Waals surface area contributed by atoms with Gasteiger partial charge in [-0.05, 0) is 50.8 Å². The van der Waals surface area contributed by atoms with E-state index in [9.17, 15) is 0 Å². The number of anilines is 1. The van der Waals surface area contributed by atoms with Gasteiger partial charge in [0.1, 0.15) is 0 Å². The van der Waals surface area contributed by atoms with Crippen LogP contribution in [0, 0.1) is 12.8 Å². The lowest BCUT2D eigenvalue weighted by Gasteiger charge is -2.32. The number of hydrogen-bond acceptors (Lipinski definition) is 4. The average Bonchev–Trinajstić information content (AvgIpc) is 2.40. The van der Waals surface area contributed by atoms with E-state index < -0.39 is 0 Å². The molecule has 0 bridgehead atoms. The van der Waals surface area contributed by atoms with Gasteiger partial charge in [0.05, 0.1) is 0 Å². The van der Waals surface area contributed by atoms with Crippen molar-refractivity contribution >= 4 is 5.95 Å². The van der Waals surface area contributed by atoms with Crippen LogP contribution < -0.4 is 10.2 Å². The summed E-state index contributed by atoms with van der Waals surface area (Å²) in [7, 11) is 0. The first-order valence-corrected chi connectivity index (χ1v) is 7.04. The second kappa shape index (κ2) is 6.69. The number of rotatable bonds is 5. The third-order valence-corrected chi connectivity index (χ3v) is 3.43. The summed E-state index contributed by atoms with van der Waals surface area (Å²) in [6, 6.07) is 0. The molecule has 1 saturated heterocycles. The van der Waals surface area contributed by atoms with E-state index in [1.54, 1.807) is 0 Å². The van der Waals surface area contributed by atoms with Crippen LogP contribution in [0.25, 0.3) is 0 Å². The summed E-state index contributed by atoms with van der Waals surface area (Å²) in [6.45, 7) is 8.65. The fraction of sp³-hybridized carbons (Fsp3) is 0.714. The van der Waals surface area contributed by atoms with E-state index in [-0.39, 0.29) is 0 Å². The number of aromatic nitrogens is 2. The summed E-state index contributed by atoms with van der Waals surface area (Å²) in [6.07, 6.45) is 7.58. The number of aryl methyl sites for hydroxylation is 1. The SMILES string of the molecule is CCCNCC1CCCN(c2ncc(C)cn2)C1. The van der Waals surface area contributed by atoms with Crippen molar-refractivity contribution in [2.45, 2.75) is 33.1 Å². The number of piperidine rings is 1. The Bertz CT molecular complexity index is 349. The van der Waals surface area contributed by atoms with Crippen LogP contribution in [0.4, 0.5) is 5.95 Å². The van der Waals surface area contributed by atoms with Gasteiger partial charge < -0.3 is 10.2 Å². The van der Waals surface area contributed by atoms with Gasteiger partial charge in [-0.1, -0.05) is 6.92 Å². The molecule has 0 spiro atoms. The van der Waals surface area contributed by atoms with Gasteiger partial charge >= 0.3 is 0 Å². The highest BCUT2D eigenvalue weighted by Gasteiger charge is 2.21. The van der Waals surface area contributed by atoms with Crippen LogP contribution in [0.15, 0.2) is 12.4 Å². The zero-order valence-corrected chi connectivity index (χ0v) is 11.5. The van der Waals surface area contributed by atoms with Gasteiger partial charge in [-0.3, -0.25) is 0 Å². The fourth-order valence-corrected chi connectivity index (χ4v) is 2.45. The fourth-order valence-electron chi connectivity index (χ4n) is 2.45. The predicted octanol–water partition coefficient (Wildman–Crippen LogP) is 2.00. The highest BCUT2D eigenvalue weighted by Crippen LogP contribution is 2.19. The predicted molar refractivity (Wildman–Crippen MR) is 74.9 cm³/mol. The maximum absolute atomic E-state index is 4.43. The van der Waals surface area contributed by atoms with Crippen molar-refractivity contribution in [3.8, 4) is 0 Å². The van der Waals surface area contributed by atoms with E-state index in [0.29, 0.717) is 0 Å². The molecule has 100 valence electrons. The van der Waals surface area contributed by atoms with Crippen molar-refractivity contribution in [3.63, 3.8) is 0 Å². The quantitative estimate of drug-likeness (QED) is 0.809. The molecule has 18 heavy (non-hydrogen) atoms. The Morgan fingerprint density at radius 3 is 2.89 bits per heavy atom. The van der Waals surface area contributed by atoms with E-state index in [1.807, 2.05) is 19.3 Å². The molecule has 0 saturated carbocycles. The van der Waals surface area contributed by atoms with Gasteiger partial charge in [0, 0.05) is 25.5 Å². The Balaban J connectivity index is 1.88. The number of hydrogen-bond donors (Lipinski definition) is 1. The highest BCUT2D eigenvalue weighted by molar-refractivity contribution is 5.30. The molecule has 2 rings (SSSR count). The molecule has 1 aromatic rings. The Morgan fingerprint density at radius 2 is 2.17 bits per heavy atom. The van der Waals surface area contributed by atoms with Gasteiger partial charge in [0.25, 0.3) is 0 Å². The van der Waals surface area contributed by atoms with Crippen molar-refractivity contribution in [1.29, 1.82) is 0 Å². The molecule has 4 heteroatoms. The molecule has 1 fully saturated rings. The van der Waals surface area contributed by atoms with Crippen molar-refractivity contribution in [3.05, 3.63) is 18.0 Å². The first-order chi connectivity index (χ1) is 8.79. The molecule has 2 heterocycles. The summed E-state index contributed by atoms with van der Waals surface area (Å²) in [5.41, 5.74) is 1.12. The van der Waals surface area contributed by atoms with Crippen molar-refractivity contribution < 1.29 is 0 Å². The minimum atomic E-state index is 0.732. The standard InChI is InChI=1S/C14H24N4/c1-3-6-15-10-13-5-4-7-18(11-13)14-16-8-12(2)9-17-14/h8-9,13,15H,3-7,10-11H2,1-2H3. The van der Waals surface area contributed by atoms with Crippen LogP contribution >= 0.6 is 0 Å². The van der Waals surface area contributed by atoms with Crippen LogP contribution in [-0.2, 0) is 0 Å². The lowest BCUT2D eigenvalue weighted by atomic mass is 9.98. The average molecular weight is 248 g/mol. The summed E-state index contributed by atoms with van der Waals surface area (Å²) in [5, 5.41) is 3.52. The molecule has 1 unspecified atom stereocenters. The van der Waals surface area contributed by atoms with E-state index in [4.69, 9.17) is 0 Å². The second-order valence-corrected chi connectivity index (χ2v) is 5.22. The minimum Gasteiger partial charge on any atom is -0.341 e. The molecule has 1 N–H and O–H groups in total. The molecule has 0 radical (unpaired) electrons. The van der Waals surface area contributed by atoms with Gasteiger partial charge in [0.15, 0.2) is 0 Å². The molecular weight excluding hydrogens is 224 g/mol. The van der Waals surface area contributed by atoms with E-state index >= 15 is 0 Å². The van der Waals surface area contributed by atoms with E-state index in [2.05, 4.69) is 27.1 Å². The smallest absolute Gasteiger partial charge is 0.225 e. The zero-order chi connectivity index (χ0) is 12.8. The van der Waals surface area contributed by atoms with Crippen LogP contribution in [0.1, 0.15) is 31.7 Å². The lowest BCUT2D eigenvalue weighted by Crippen LogP contribution is -2.40. The maximum Gasteiger partial charge on any atom is 0.225 e. The summed E-state index contributed by atoms with van der Waals surface area (Å²) >= 11 is 0. The minimum absolute atomic E-state index is 0.732. The van der Waals surface area contributed by atoms with Crippen LogP contribution in [-0.4, -0.2) is 36.1 Å². The third kappa shape index (κ3) is 3.67. The Morgan fingerprint density at radius 1 is 1.39 bits per heavy atom. The van der Waals surface area contributed by atoms with E-state index in [0.717, 1.165) is 43.6 Å². The highest BCUT2D eigenvalue weighted by atomic mass is 15.3. The van der Waals surface area contributed by atoms with Crippen molar-refractivity contribution in [2.75, 3.05) is 31.1 Å². The van der Waals surface area contributed by atoms with Crippen molar-refractivity contribution in [1.82, 2.24) is 15.3 Å². The molecule has 0 aliphatic carbocycles. The van der Waals surface area contributed by atoms with Crippen LogP contribution in [0.2, 0.25) is 0 Å². The summed E-state index contributed by atoms with van der Waals surface area (Å²) in [5.74, 6) is 1.62. The third-order valence-electron chi connectivity index (χ3n) is 3.43. The first kappa shape index (κ1) is 13.3. The molecule has 0 amide bonds. The molecule has 1 atom stereocenters. The monoisotopic (exact) mass is 248 g/mol. The molecule has 1 aliphatic rings. The number of nitrogens with zero attached hydrogens (tertiary/aromatic N) is 3. The van der Waals surface area contributed by atoms with E-state index in [1.165, 1.54) is 19.3 Å². The van der Waals surface area contributed by atoms with Gasteiger partial charge in [0.2, 0.25) is 5.95 Å². The Labute approximate surface area is 110 Å². The van der Waals surface area contributed by atoms with Crippen molar-refractivity contribution in [2.24, 2.45) is 5.92 Å². The normalized spacial score (nSPS) is 20.1. The van der Waals surface area contributed by atoms with Crippen LogP contribution in [0.5, 0.6) is 0 Å². The second-order valence-electron chi connectivity index (χ2n) is 5.22. The van der Waals surface area contributed by atoms with Gasteiger partial charge in [-0.15, -0.1) is 0 Å². The zero-order valence-electron chi connectivity index (χ0n) is 11.5. The maximum atomic E-state index is 4.43. The Hall–Kier alpha value is -1.16. The number of nitrogens with one attached hydrogen (secondary N) is 1. The van der Waals surface area contributed by atoms with Gasteiger partial charge in [-0.25, -0.2) is 9.97 Å². The lowest BCUT2D eigenvalue weighted by molar-refractivity contribution is 0.389.